The number of nitrogens with zero attached hydrogens (tertiary/aromatic N) is 3. The summed E-state index contributed by atoms with van der Waals surface area (Å²) in [5.41, 5.74) is 8.14. The molecular weight excluding hydrogens is 272 g/mol. The van der Waals surface area contributed by atoms with Crippen molar-refractivity contribution in [3.63, 3.8) is 0 Å². The fraction of sp³-hybridized carbons (Fsp3) is 0.357. The SMILES string of the molecule is COc1ccc(C)cc1Cn1cc(CC(N)C(=O)O)nn1. The summed E-state index contributed by atoms with van der Waals surface area (Å²) in [6.45, 7) is 2.50. The predicted octanol–water partition coefficient (Wildman–Crippen LogP) is 0.598. The second-order valence-electron chi connectivity index (χ2n) is 4.87. The van der Waals surface area contributed by atoms with Crippen molar-refractivity contribution in [1.82, 2.24) is 15.0 Å². The molecular formula is C14H18N4O3. The van der Waals surface area contributed by atoms with Gasteiger partial charge in [0.2, 0.25) is 0 Å². The highest BCUT2D eigenvalue weighted by Crippen LogP contribution is 2.20. The number of aliphatic carboxylic acids is 1. The number of nitrogens with two attached hydrogens (primary N) is 1. The van der Waals surface area contributed by atoms with Crippen molar-refractivity contribution in [3.8, 4) is 5.75 Å². The number of aryl methyl sites for hydroxylation is 1. The summed E-state index contributed by atoms with van der Waals surface area (Å²) in [5.74, 6) is -0.273. The second kappa shape index (κ2) is 6.36. The van der Waals surface area contributed by atoms with Crippen LogP contribution in [0, 0.1) is 6.92 Å². The van der Waals surface area contributed by atoms with Gasteiger partial charge in [-0.2, -0.15) is 0 Å². The van der Waals surface area contributed by atoms with Gasteiger partial charge in [0, 0.05) is 18.2 Å². The summed E-state index contributed by atoms with van der Waals surface area (Å²) < 4.78 is 6.96. The molecule has 7 nitrogen and oxygen atoms in total. The van der Waals surface area contributed by atoms with Crippen LogP contribution in [0.25, 0.3) is 0 Å². The quantitative estimate of drug-likeness (QED) is 0.807. The number of carbonyl (C=O) groups is 1. The van der Waals surface area contributed by atoms with E-state index in [2.05, 4.69) is 10.3 Å². The number of carboxylic acids is 1. The molecule has 0 fully saturated rings. The van der Waals surface area contributed by atoms with Crippen molar-refractivity contribution >= 4 is 5.97 Å². The highest BCUT2D eigenvalue weighted by molar-refractivity contribution is 5.73. The first-order valence-electron chi connectivity index (χ1n) is 6.50. The van der Waals surface area contributed by atoms with E-state index in [1.54, 1.807) is 18.0 Å². The maximum Gasteiger partial charge on any atom is 0.320 e. The Morgan fingerprint density at radius 1 is 1.52 bits per heavy atom. The van der Waals surface area contributed by atoms with Crippen LogP contribution in [0.4, 0.5) is 0 Å². The summed E-state index contributed by atoms with van der Waals surface area (Å²) in [4.78, 5) is 10.7. The van der Waals surface area contributed by atoms with Crippen LogP contribution in [0.15, 0.2) is 24.4 Å². The molecule has 112 valence electrons. The maximum atomic E-state index is 10.7. The molecule has 0 bridgehead atoms. The minimum Gasteiger partial charge on any atom is -0.496 e. The van der Waals surface area contributed by atoms with Gasteiger partial charge >= 0.3 is 5.97 Å². The molecule has 2 rings (SSSR count). The lowest BCUT2D eigenvalue weighted by Gasteiger charge is -2.09. The van der Waals surface area contributed by atoms with E-state index in [0.717, 1.165) is 16.9 Å². The number of benzene rings is 1. The minimum atomic E-state index is -1.05. The van der Waals surface area contributed by atoms with E-state index in [9.17, 15) is 4.79 Å². The zero-order chi connectivity index (χ0) is 15.4. The number of ether oxygens (including phenoxy) is 1. The summed E-state index contributed by atoms with van der Waals surface area (Å²) in [6, 6.07) is 4.93. The number of carboxylic acid groups (broad SMARTS) is 1. The van der Waals surface area contributed by atoms with Crippen LogP contribution >= 0.6 is 0 Å². The van der Waals surface area contributed by atoms with E-state index in [-0.39, 0.29) is 6.42 Å². The van der Waals surface area contributed by atoms with Gasteiger partial charge in [-0.25, -0.2) is 4.68 Å². The van der Waals surface area contributed by atoms with Gasteiger partial charge in [-0.05, 0) is 13.0 Å². The fourth-order valence-electron chi connectivity index (χ4n) is 2.03. The van der Waals surface area contributed by atoms with Gasteiger partial charge in [-0.15, -0.1) is 5.10 Å². The van der Waals surface area contributed by atoms with Gasteiger partial charge in [-0.1, -0.05) is 22.9 Å². The monoisotopic (exact) mass is 290 g/mol. The van der Waals surface area contributed by atoms with Gasteiger partial charge in [0.15, 0.2) is 0 Å². The fourth-order valence-corrected chi connectivity index (χ4v) is 2.03. The van der Waals surface area contributed by atoms with E-state index in [1.807, 2.05) is 25.1 Å². The summed E-state index contributed by atoms with van der Waals surface area (Å²) in [7, 11) is 1.62. The first kappa shape index (κ1) is 15.0. The normalized spacial score (nSPS) is 12.1. The van der Waals surface area contributed by atoms with E-state index >= 15 is 0 Å². The van der Waals surface area contributed by atoms with E-state index in [0.29, 0.717) is 12.2 Å². The highest BCUT2D eigenvalue weighted by Gasteiger charge is 2.14. The van der Waals surface area contributed by atoms with Gasteiger partial charge in [0.25, 0.3) is 0 Å². The Kier molecular flexibility index (Phi) is 4.54. The number of hydrogen-bond acceptors (Lipinski definition) is 5. The molecule has 1 unspecified atom stereocenters. The zero-order valence-electron chi connectivity index (χ0n) is 12.0. The molecule has 0 spiro atoms. The molecule has 0 aliphatic carbocycles. The lowest BCUT2D eigenvalue weighted by molar-refractivity contribution is -0.138. The molecule has 7 heteroatoms. The summed E-state index contributed by atoms with van der Waals surface area (Å²) in [5, 5.41) is 16.7. The zero-order valence-corrected chi connectivity index (χ0v) is 12.0. The lowest BCUT2D eigenvalue weighted by atomic mass is 10.1. The van der Waals surface area contributed by atoms with Crippen LogP contribution < -0.4 is 10.5 Å². The third kappa shape index (κ3) is 3.79. The van der Waals surface area contributed by atoms with Crippen molar-refractivity contribution in [2.24, 2.45) is 5.73 Å². The van der Waals surface area contributed by atoms with Gasteiger partial charge in [0.05, 0.1) is 19.3 Å². The standard InChI is InChI=1S/C14H18N4O3/c1-9-3-4-13(21-2)10(5-9)7-18-8-11(16-17-18)6-12(15)14(19)20/h3-5,8,12H,6-7,15H2,1-2H3,(H,19,20). The molecule has 0 radical (unpaired) electrons. The van der Waals surface area contributed by atoms with Gasteiger partial charge in [-0.3, -0.25) is 4.79 Å². The third-order valence-corrected chi connectivity index (χ3v) is 3.10. The predicted molar refractivity (Wildman–Crippen MR) is 76.2 cm³/mol. The van der Waals surface area contributed by atoms with Crippen molar-refractivity contribution in [2.75, 3.05) is 7.11 Å². The summed E-state index contributed by atoms with van der Waals surface area (Å²) >= 11 is 0. The van der Waals surface area contributed by atoms with Crippen molar-refractivity contribution in [3.05, 3.63) is 41.2 Å². The van der Waals surface area contributed by atoms with Crippen LogP contribution in [0.3, 0.4) is 0 Å². The second-order valence-corrected chi connectivity index (χ2v) is 4.87. The van der Waals surface area contributed by atoms with Crippen LogP contribution in [0.2, 0.25) is 0 Å². The number of rotatable bonds is 6. The molecule has 21 heavy (non-hydrogen) atoms. The van der Waals surface area contributed by atoms with Crippen LogP contribution in [0.1, 0.15) is 16.8 Å². The third-order valence-electron chi connectivity index (χ3n) is 3.10. The Labute approximate surface area is 122 Å². The highest BCUT2D eigenvalue weighted by atomic mass is 16.5. The molecule has 3 N–H and O–H groups in total. The molecule has 0 saturated carbocycles. The minimum absolute atomic E-state index is 0.153. The lowest BCUT2D eigenvalue weighted by Crippen LogP contribution is -2.32. The molecule has 0 amide bonds. The van der Waals surface area contributed by atoms with Crippen LogP contribution in [0.5, 0.6) is 5.75 Å². The molecule has 1 atom stereocenters. The van der Waals surface area contributed by atoms with Gasteiger partial charge in [0.1, 0.15) is 11.8 Å². The molecule has 1 aromatic carbocycles. The Bertz CT molecular complexity index is 639. The van der Waals surface area contributed by atoms with E-state index in [1.165, 1.54) is 0 Å². The Hall–Kier alpha value is -2.41. The number of aromatic nitrogens is 3. The number of methoxy groups -OCH3 is 1. The Balaban J connectivity index is 2.12. The number of hydrogen-bond donors (Lipinski definition) is 2. The molecule has 0 aliphatic rings. The first-order chi connectivity index (χ1) is 9.99. The first-order valence-corrected chi connectivity index (χ1v) is 6.50. The molecule has 1 heterocycles. The van der Waals surface area contributed by atoms with Crippen molar-refractivity contribution in [2.45, 2.75) is 25.9 Å². The molecule has 0 saturated heterocycles. The average molecular weight is 290 g/mol. The topological polar surface area (TPSA) is 103 Å². The summed E-state index contributed by atoms with van der Waals surface area (Å²) in [6.07, 6.45) is 1.85. The maximum absolute atomic E-state index is 10.7. The van der Waals surface area contributed by atoms with E-state index in [4.69, 9.17) is 15.6 Å². The smallest absolute Gasteiger partial charge is 0.320 e. The molecule has 0 aliphatic heterocycles. The van der Waals surface area contributed by atoms with E-state index < -0.39 is 12.0 Å². The molecule has 2 aromatic rings. The van der Waals surface area contributed by atoms with Crippen LogP contribution in [-0.2, 0) is 17.8 Å². The van der Waals surface area contributed by atoms with Gasteiger partial charge < -0.3 is 15.6 Å². The van der Waals surface area contributed by atoms with Crippen molar-refractivity contribution in [1.29, 1.82) is 0 Å². The van der Waals surface area contributed by atoms with Crippen molar-refractivity contribution < 1.29 is 14.6 Å². The Morgan fingerprint density at radius 3 is 2.95 bits per heavy atom. The van der Waals surface area contributed by atoms with Crippen LogP contribution in [-0.4, -0.2) is 39.2 Å². The molecule has 1 aromatic heterocycles. The average Bonchev–Trinajstić information content (AvgIpc) is 2.86. The largest absolute Gasteiger partial charge is 0.496 e. The Morgan fingerprint density at radius 2 is 2.29 bits per heavy atom.